The van der Waals surface area contributed by atoms with Crippen LogP contribution < -0.4 is 0 Å². The molecule has 0 bridgehead atoms. The van der Waals surface area contributed by atoms with Crippen molar-refractivity contribution in [3.8, 4) is 0 Å². The minimum atomic E-state index is -1.82. The number of hydrogen-bond acceptors (Lipinski definition) is 4. The van der Waals surface area contributed by atoms with Gasteiger partial charge in [-0.05, 0) is 6.42 Å². The van der Waals surface area contributed by atoms with Crippen LogP contribution in [0.2, 0.25) is 0 Å². The van der Waals surface area contributed by atoms with Gasteiger partial charge in [0.1, 0.15) is 0 Å². The largest absolute Gasteiger partial charge is 0.662 e. The van der Waals surface area contributed by atoms with Gasteiger partial charge in [-0.25, -0.2) is 9.69 Å². The number of rotatable bonds is 9. The summed E-state index contributed by atoms with van der Waals surface area (Å²) in [5.41, 5.74) is 0. The SMILES string of the molecule is CCCCCCCCOOB(O)O.[Fe]. The molecule has 6 heteroatoms. The van der Waals surface area contributed by atoms with E-state index in [1.807, 2.05) is 0 Å². The van der Waals surface area contributed by atoms with E-state index in [2.05, 4.69) is 16.6 Å². The first-order valence-corrected chi connectivity index (χ1v) is 4.91. The van der Waals surface area contributed by atoms with Gasteiger partial charge in [-0.2, -0.15) is 0 Å². The predicted octanol–water partition coefficient (Wildman–Crippen LogP) is 1.26. The third-order valence-corrected chi connectivity index (χ3v) is 1.74. The van der Waals surface area contributed by atoms with Crippen molar-refractivity contribution in [3.63, 3.8) is 0 Å². The Bertz CT molecular complexity index is 105. The minimum absolute atomic E-state index is 0. The molecule has 0 aromatic heterocycles. The fraction of sp³-hybridized carbons (Fsp3) is 1.00. The number of unbranched alkanes of at least 4 members (excludes halogenated alkanes) is 5. The molecule has 2 N–H and O–H groups in total. The Labute approximate surface area is 96.6 Å². The molecule has 0 aromatic carbocycles. The van der Waals surface area contributed by atoms with Crippen molar-refractivity contribution in [2.75, 3.05) is 6.61 Å². The van der Waals surface area contributed by atoms with E-state index in [0.717, 1.165) is 12.8 Å². The Morgan fingerprint density at radius 1 is 1.00 bits per heavy atom. The molecule has 0 aromatic rings. The summed E-state index contributed by atoms with van der Waals surface area (Å²) in [6.07, 6.45) is 7.00. The number of hydrogen-bond donors (Lipinski definition) is 2. The molecule has 4 nitrogen and oxygen atoms in total. The first kappa shape index (κ1) is 16.8. The molecule has 0 atom stereocenters. The summed E-state index contributed by atoms with van der Waals surface area (Å²) in [6, 6.07) is 0. The van der Waals surface area contributed by atoms with Crippen LogP contribution in [-0.2, 0) is 26.8 Å². The maximum atomic E-state index is 8.23. The van der Waals surface area contributed by atoms with E-state index >= 15 is 0 Å². The average molecular weight is 246 g/mol. The van der Waals surface area contributed by atoms with Gasteiger partial charge in [-0.15, -0.1) is 0 Å². The molecule has 0 aliphatic heterocycles. The summed E-state index contributed by atoms with van der Waals surface area (Å²) >= 11 is 0. The zero-order chi connectivity index (χ0) is 9.94. The molecule has 0 aliphatic rings. The Balaban J connectivity index is 0. The average Bonchev–Trinajstić information content (AvgIpc) is 2.09. The standard InChI is InChI=1S/C8H19BO4.Fe/c1-2-3-4-5-6-7-8-12-13-9(10)11;/h10-11H,2-8H2,1H3;. The second-order valence-electron chi connectivity index (χ2n) is 3.01. The fourth-order valence-corrected chi connectivity index (χ4v) is 1.05. The second-order valence-corrected chi connectivity index (χ2v) is 3.01. The van der Waals surface area contributed by atoms with E-state index in [1.165, 1.54) is 25.7 Å². The van der Waals surface area contributed by atoms with Gasteiger partial charge in [0.25, 0.3) is 0 Å². The van der Waals surface area contributed by atoms with Gasteiger partial charge in [0.2, 0.25) is 0 Å². The second kappa shape index (κ2) is 13.4. The molecule has 0 unspecified atom stereocenters. The van der Waals surface area contributed by atoms with E-state index in [9.17, 15) is 0 Å². The smallest absolute Gasteiger partial charge is 0.400 e. The zero-order valence-electron chi connectivity index (χ0n) is 8.59. The summed E-state index contributed by atoms with van der Waals surface area (Å²) < 4.78 is 0. The monoisotopic (exact) mass is 246 g/mol. The van der Waals surface area contributed by atoms with E-state index < -0.39 is 7.32 Å². The van der Waals surface area contributed by atoms with Crippen molar-refractivity contribution in [2.24, 2.45) is 0 Å². The van der Waals surface area contributed by atoms with Gasteiger partial charge in [0.15, 0.2) is 0 Å². The Morgan fingerprint density at radius 3 is 2.14 bits per heavy atom. The molecule has 0 fully saturated rings. The van der Waals surface area contributed by atoms with Crippen LogP contribution in [-0.4, -0.2) is 24.0 Å². The maximum absolute atomic E-state index is 8.23. The summed E-state index contributed by atoms with van der Waals surface area (Å²) in [4.78, 5) is 8.58. The van der Waals surface area contributed by atoms with Crippen LogP contribution in [0, 0.1) is 0 Å². The fourth-order valence-electron chi connectivity index (χ4n) is 1.05. The molecule has 0 saturated carbocycles. The van der Waals surface area contributed by atoms with Gasteiger partial charge in [-0.1, -0.05) is 39.0 Å². The molecule has 0 spiro atoms. The molecule has 86 valence electrons. The molecular formula is C8H19BFeO4. The maximum Gasteiger partial charge on any atom is 0.662 e. The van der Waals surface area contributed by atoms with Gasteiger partial charge in [-0.3, -0.25) is 0 Å². The van der Waals surface area contributed by atoms with Crippen LogP contribution in [0.3, 0.4) is 0 Å². The van der Waals surface area contributed by atoms with Crippen molar-refractivity contribution in [1.29, 1.82) is 0 Å². The molecule has 0 amide bonds. The third kappa shape index (κ3) is 14.9. The summed E-state index contributed by atoms with van der Waals surface area (Å²) in [5.74, 6) is 0. The van der Waals surface area contributed by atoms with E-state index in [4.69, 9.17) is 10.0 Å². The Morgan fingerprint density at radius 2 is 1.57 bits per heavy atom. The van der Waals surface area contributed by atoms with Crippen molar-refractivity contribution in [3.05, 3.63) is 0 Å². The van der Waals surface area contributed by atoms with Crippen LogP contribution in [0.15, 0.2) is 0 Å². The van der Waals surface area contributed by atoms with Gasteiger partial charge >= 0.3 is 7.32 Å². The quantitative estimate of drug-likeness (QED) is 0.278. The third-order valence-electron chi connectivity index (χ3n) is 1.74. The van der Waals surface area contributed by atoms with Crippen molar-refractivity contribution >= 4 is 7.32 Å². The van der Waals surface area contributed by atoms with Gasteiger partial charge < -0.3 is 10.0 Å². The normalized spacial score (nSPS) is 9.64. The van der Waals surface area contributed by atoms with Crippen molar-refractivity contribution in [2.45, 2.75) is 45.4 Å². The Kier molecular flexibility index (Phi) is 16.1. The molecule has 0 aliphatic carbocycles. The Hall–Kier alpha value is 0.424. The molecule has 0 heterocycles. The van der Waals surface area contributed by atoms with E-state index in [0.29, 0.717) is 6.61 Å². The molecular weight excluding hydrogens is 227 g/mol. The molecule has 14 heavy (non-hydrogen) atoms. The van der Waals surface area contributed by atoms with Crippen molar-refractivity contribution < 1.29 is 36.8 Å². The van der Waals surface area contributed by atoms with Gasteiger partial charge in [0.05, 0.1) is 6.61 Å². The summed E-state index contributed by atoms with van der Waals surface area (Å²) in [5, 5.41) is 16.5. The molecule has 0 radical (unpaired) electrons. The molecule has 0 rings (SSSR count). The van der Waals surface area contributed by atoms with Crippen molar-refractivity contribution in [1.82, 2.24) is 0 Å². The zero-order valence-corrected chi connectivity index (χ0v) is 9.70. The first-order chi connectivity index (χ1) is 6.27. The van der Waals surface area contributed by atoms with Gasteiger partial charge in [0, 0.05) is 17.1 Å². The van der Waals surface area contributed by atoms with Crippen LogP contribution >= 0.6 is 0 Å². The van der Waals surface area contributed by atoms with E-state index in [1.54, 1.807) is 0 Å². The topological polar surface area (TPSA) is 58.9 Å². The van der Waals surface area contributed by atoms with Crippen LogP contribution in [0.1, 0.15) is 45.4 Å². The predicted molar refractivity (Wildman–Crippen MR) is 50.6 cm³/mol. The van der Waals surface area contributed by atoms with Crippen LogP contribution in [0.4, 0.5) is 0 Å². The summed E-state index contributed by atoms with van der Waals surface area (Å²) in [7, 11) is -1.82. The van der Waals surface area contributed by atoms with Crippen LogP contribution in [0.5, 0.6) is 0 Å². The van der Waals surface area contributed by atoms with Crippen LogP contribution in [0.25, 0.3) is 0 Å². The summed E-state index contributed by atoms with van der Waals surface area (Å²) in [6.45, 7) is 2.60. The molecule has 0 saturated heterocycles. The first-order valence-electron chi connectivity index (χ1n) is 4.91. The minimum Gasteiger partial charge on any atom is -0.400 e. The van der Waals surface area contributed by atoms with E-state index in [-0.39, 0.29) is 17.1 Å².